The van der Waals surface area contributed by atoms with E-state index in [0.717, 1.165) is 77.0 Å². The summed E-state index contributed by atoms with van der Waals surface area (Å²) in [6.07, 6.45) is 78.3. The van der Waals surface area contributed by atoms with Crippen LogP contribution in [0.2, 0.25) is 0 Å². The van der Waals surface area contributed by atoms with Crippen molar-refractivity contribution in [3.8, 4) is 0 Å². The Bertz CT molecular complexity index is 1540. The minimum atomic E-state index is -0.828. The van der Waals surface area contributed by atoms with Crippen molar-refractivity contribution in [1.29, 1.82) is 0 Å². The quantitative estimate of drug-likeness (QED) is 0.0262. The lowest BCUT2D eigenvalue weighted by Crippen LogP contribution is -2.30. The number of rotatable bonds is 46. The molecule has 0 saturated heterocycles. The summed E-state index contributed by atoms with van der Waals surface area (Å²) >= 11 is 0. The number of carbonyl (C=O) groups is 3. The average Bonchev–Trinajstić information content (AvgIpc) is 3.34. The predicted molar refractivity (Wildman–Crippen MR) is 292 cm³/mol. The third kappa shape index (κ3) is 52.3. The van der Waals surface area contributed by atoms with Crippen LogP contribution >= 0.6 is 0 Å². The van der Waals surface area contributed by atoms with Crippen molar-refractivity contribution in [1.82, 2.24) is 0 Å². The highest BCUT2D eigenvalue weighted by Gasteiger charge is 2.19. The van der Waals surface area contributed by atoms with Crippen molar-refractivity contribution < 1.29 is 28.6 Å². The second-order valence-electron chi connectivity index (χ2n) is 17.3. The third-order valence-corrected chi connectivity index (χ3v) is 10.8. The van der Waals surface area contributed by atoms with Crippen LogP contribution in [0.25, 0.3) is 0 Å². The van der Waals surface area contributed by atoms with Crippen LogP contribution in [-0.4, -0.2) is 37.2 Å². The Morgan fingerprint density at radius 1 is 0.309 bits per heavy atom. The van der Waals surface area contributed by atoms with E-state index in [1.807, 2.05) is 91.1 Å². The molecule has 0 rings (SSSR count). The highest BCUT2D eigenvalue weighted by Crippen LogP contribution is 2.14. The van der Waals surface area contributed by atoms with E-state index in [9.17, 15) is 14.4 Å². The molecule has 0 spiro atoms. The van der Waals surface area contributed by atoms with Gasteiger partial charge in [0.05, 0.1) is 0 Å². The summed E-state index contributed by atoms with van der Waals surface area (Å²) in [5.74, 6) is -1.03. The Morgan fingerprint density at radius 3 is 1.03 bits per heavy atom. The molecule has 0 aromatic carbocycles. The number of hydrogen-bond donors (Lipinski definition) is 0. The number of unbranched alkanes of at least 4 members (excludes halogenated alkanes) is 20. The monoisotopic (exact) mass is 937 g/mol. The fourth-order valence-electron chi connectivity index (χ4n) is 6.79. The molecule has 0 bridgehead atoms. The van der Waals surface area contributed by atoms with E-state index in [2.05, 4.69) is 75.5 Å². The molecule has 0 amide bonds. The first-order valence-corrected chi connectivity index (χ1v) is 27.0. The molecule has 68 heavy (non-hydrogen) atoms. The molecule has 0 N–H and O–H groups in total. The minimum absolute atomic E-state index is 0.119. The molecule has 0 radical (unpaired) electrons. The smallest absolute Gasteiger partial charge is 0.306 e. The van der Waals surface area contributed by atoms with E-state index in [1.54, 1.807) is 0 Å². The topological polar surface area (TPSA) is 78.9 Å². The Kier molecular flexibility index (Phi) is 51.1. The van der Waals surface area contributed by atoms with Gasteiger partial charge in [0.2, 0.25) is 0 Å². The molecule has 0 fully saturated rings. The highest BCUT2D eigenvalue weighted by atomic mass is 16.6. The molecule has 6 heteroatoms. The van der Waals surface area contributed by atoms with E-state index in [0.29, 0.717) is 12.8 Å². The average molecular weight is 937 g/mol. The second kappa shape index (κ2) is 54.9. The van der Waals surface area contributed by atoms with Crippen LogP contribution in [0.3, 0.4) is 0 Å². The van der Waals surface area contributed by atoms with Gasteiger partial charge < -0.3 is 14.2 Å². The molecule has 0 aliphatic rings. The Balaban J connectivity index is 4.54. The van der Waals surface area contributed by atoms with Gasteiger partial charge >= 0.3 is 17.9 Å². The first kappa shape index (κ1) is 63.3. The Hall–Kier alpha value is -4.71. The molecule has 0 aromatic rings. The van der Waals surface area contributed by atoms with Gasteiger partial charge in [0.25, 0.3) is 0 Å². The van der Waals surface area contributed by atoms with E-state index in [-0.39, 0.29) is 44.0 Å². The number of esters is 3. The molecule has 0 aliphatic carbocycles. The molecule has 0 saturated carbocycles. The van der Waals surface area contributed by atoms with Gasteiger partial charge in [-0.25, -0.2) is 0 Å². The molecule has 0 heterocycles. The summed E-state index contributed by atoms with van der Waals surface area (Å²) in [5, 5.41) is 0. The van der Waals surface area contributed by atoms with Gasteiger partial charge in [0.1, 0.15) is 13.2 Å². The van der Waals surface area contributed by atoms with Crippen molar-refractivity contribution in [3.05, 3.63) is 146 Å². The summed E-state index contributed by atoms with van der Waals surface area (Å²) in [6, 6.07) is 0. The van der Waals surface area contributed by atoms with Gasteiger partial charge in [0, 0.05) is 19.3 Å². The minimum Gasteiger partial charge on any atom is -0.462 e. The number of ether oxygens (including phenoxy) is 3. The van der Waals surface area contributed by atoms with Crippen LogP contribution < -0.4 is 0 Å². The zero-order chi connectivity index (χ0) is 49.3. The molecule has 1 unspecified atom stereocenters. The lowest BCUT2D eigenvalue weighted by Gasteiger charge is -2.18. The maximum Gasteiger partial charge on any atom is 0.306 e. The summed E-state index contributed by atoms with van der Waals surface area (Å²) < 4.78 is 16.7. The van der Waals surface area contributed by atoms with Crippen LogP contribution in [0.1, 0.15) is 207 Å². The van der Waals surface area contributed by atoms with Crippen molar-refractivity contribution in [2.75, 3.05) is 13.2 Å². The van der Waals surface area contributed by atoms with Gasteiger partial charge in [-0.05, 0) is 77.0 Å². The standard InChI is InChI=1S/C62H96O6/c1-4-7-10-13-16-19-22-25-27-29-31-33-34-37-40-43-46-49-52-55-61(64)67-58-59(57-66-60(63)54-51-48-45-42-39-36-24-21-18-15-12-9-6-3)68-62(65)56-53-50-47-44-41-38-35-32-30-28-26-23-20-17-14-11-8-5-2/h9,11-12,14-26,28,30,32,35-36,39,42,45,59H,4-8,10,13,27,29,31,33-34,37-38,40-41,43-44,46-58H2,1-3H3/b12-9+,14-11+,18-15+,19-16+,20-17+,24-21+,25-22+,26-23+,30-28+,35-32+,39-36+,45-42+. The zero-order valence-corrected chi connectivity index (χ0v) is 43.3. The maximum absolute atomic E-state index is 12.8. The SMILES string of the molecule is CC/C=C/C=C/C=C/C=C/C=C/CCCC(=O)OCC(COC(=O)CCCCCCCCCCCC/C=C/C=C/CCCCC)OC(=O)CCCCCCC/C=C/C=C/C=C/C=C/C=C/CCC. The molecule has 0 aromatic heterocycles. The molecule has 6 nitrogen and oxygen atoms in total. The van der Waals surface area contributed by atoms with Crippen molar-refractivity contribution in [2.24, 2.45) is 0 Å². The van der Waals surface area contributed by atoms with Crippen LogP contribution in [0.4, 0.5) is 0 Å². The maximum atomic E-state index is 12.8. The third-order valence-electron chi connectivity index (χ3n) is 10.8. The van der Waals surface area contributed by atoms with Gasteiger partial charge in [-0.2, -0.15) is 0 Å². The molecular weight excluding hydrogens is 841 g/mol. The van der Waals surface area contributed by atoms with Gasteiger partial charge in [-0.15, -0.1) is 0 Å². The summed E-state index contributed by atoms with van der Waals surface area (Å²) in [6.45, 7) is 6.27. The van der Waals surface area contributed by atoms with E-state index in [4.69, 9.17) is 14.2 Å². The first-order valence-electron chi connectivity index (χ1n) is 27.0. The summed E-state index contributed by atoms with van der Waals surface area (Å²) in [5.41, 5.74) is 0. The number of hydrogen-bond acceptors (Lipinski definition) is 6. The fraction of sp³-hybridized carbons (Fsp3) is 0.565. The molecule has 0 aliphatic heterocycles. The molecule has 380 valence electrons. The second-order valence-corrected chi connectivity index (χ2v) is 17.3. The zero-order valence-electron chi connectivity index (χ0n) is 43.3. The molecular formula is C62H96O6. The number of carbonyl (C=O) groups excluding carboxylic acids is 3. The normalized spacial score (nSPS) is 13.3. The van der Waals surface area contributed by atoms with Crippen LogP contribution in [0.15, 0.2) is 146 Å². The highest BCUT2D eigenvalue weighted by molar-refractivity contribution is 5.71. The summed E-state index contributed by atoms with van der Waals surface area (Å²) in [4.78, 5) is 38.0. The summed E-state index contributed by atoms with van der Waals surface area (Å²) in [7, 11) is 0. The lowest BCUT2D eigenvalue weighted by molar-refractivity contribution is -0.167. The predicted octanol–water partition coefficient (Wildman–Crippen LogP) is 18.0. The fourth-order valence-corrected chi connectivity index (χ4v) is 6.79. The lowest BCUT2D eigenvalue weighted by atomic mass is 10.1. The van der Waals surface area contributed by atoms with Gasteiger partial charge in [-0.1, -0.05) is 256 Å². The van der Waals surface area contributed by atoms with E-state index in [1.165, 1.54) is 83.5 Å². The van der Waals surface area contributed by atoms with Crippen LogP contribution in [0, 0.1) is 0 Å². The van der Waals surface area contributed by atoms with E-state index >= 15 is 0 Å². The van der Waals surface area contributed by atoms with Crippen LogP contribution in [-0.2, 0) is 28.6 Å². The Morgan fingerprint density at radius 2 is 0.618 bits per heavy atom. The number of allylic oxidation sites excluding steroid dienone is 24. The van der Waals surface area contributed by atoms with Gasteiger partial charge in [0.15, 0.2) is 6.10 Å². The van der Waals surface area contributed by atoms with E-state index < -0.39 is 6.10 Å². The molecule has 1 atom stereocenters. The van der Waals surface area contributed by atoms with Crippen molar-refractivity contribution in [3.63, 3.8) is 0 Å². The van der Waals surface area contributed by atoms with Crippen molar-refractivity contribution in [2.45, 2.75) is 213 Å². The van der Waals surface area contributed by atoms with Crippen LogP contribution in [0.5, 0.6) is 0 Å². The largest absolute Gasteiger partial charge is 0.462 e. The Labute approximate surface area is 417 Å². The van der Waals surface area contributed by atoms with Gasteiger partial charge in [-0.3, -0.25) is 14.4 Å². The first-order chi connectivity index (χ1) is 33.5. The van der Waals surface area contributed by atoms with Crippen molar-refractivity contribution >= 4 is 17.9 Å².